The van der Waals surface area contributed by atoms with Gasteiger partial charge in [0.15, 0.2) is 0 Å². The van der Waals surface area contributed by atoms with Gasteiger partial charge in [-0.05, 0) is 31.9 Å². The third kappa shape index (κ3) is 4.63. The first-order valence-electron chi connectivity index (χ1n) is 9.06. The van der Waals surface area contributed by atoms with Crippen LogP contribution in [0.1, 0.15) is 25.8 Å². The molecule has 25 heavy (non-hydrogen) atoms. The highest BCUT2D eigenvalue weighted by Gasteiger charge is 2.26. The zero-order valence-corrected chi connectivity index (χ0v) is 15.2. The van der Waals surface area contributed by atoms with Crippen LogP contribution >= 0.6 is 0 Å². The zero-order chi connectivity index (χ0) is 17.6. The lowest BCUT2D eigenvalue weighted by Crippen LogP contribution is -2.53. The maximum absolute atomic E-state index is 9.45. The summed E-state index contributed by atoms with van der Waals surface area (Å²) in [5.74, 6) is 0. The summed E-state index contributed by atoms with van der Waals surface area (Å²) in [6.45, 7) is 9.42. The molecule has 0 bridgehead atoms. The lowest BCUT2D eigenvalue weighted by atomic mass is 10.1. The van der Waals surface area contributed by atoms with Crippen LogP contribution in [0.3, 0.4) is 0 Å². The number of piperazine rings is 1. The molecule has 134 valence electrons. The molecule has 1 saturated heterocycles. The maximum atomic E-state index is 9.45. The van der Waals surface area contributed by atoms with Gasteiger partial charge in [-0.3, -0.25) is 19.8 Å². The van der Waals surface area contributed by atoms with Crippen molar-refractivity contribution in [2.45, 2.75) is 32.9 Å². The van der Waals surface area contributed by atoms with Crippen molar-refractivity contribution < 1.29 is 5.11 Å². The molecule has 1 atom stereocenters. The van der Waals surface area contributed by atoms with Crippen LogP contribution in [0.5, 0.6) is 0 Å². The Hall–Kier alpha value is -1.82. The Morgan fingerprint density at radius 2 is 2.08 bits per heavy atom. The second kappa shape index (κ2) is 8.52. The number of aliphatic hydroxyl groups is 1. The Morgan fingerprint density at radius 1 is 1.24 bits per heavy atom. The second-order valence-electron chi connectivity index (χ2n) is 7.02. The minimum absolute atomic E-state index is 0.240. The standard InChI is InChI=1S/C20H28N4O/c1-16(2)6-10-24-12-11-23(15-18(24)7-13-25)14-17-4-3-5-19-20(17)22-9-8-21-19/h3-6,8-9,18,25H,7,10-15H2,1-2H3/t18-/m1/s1. The molecule has 1 aliphatic rings. The number of aromatic nitrogens is 2. The number of nitrogens with zero attached hydrogens (tertiary/aromatic N) is 4. The van der Waals surface area contributed by atoms with E-state index in [1.165, 1.54) is 11.1 Å². The first-order valence-corrected chi connectivity index (χ1v) is 9.06. The first kappa shape index (κ1) is 18.0. The van der Waals surface area contributed by atoms with Crippen molar-refractivity contribution in [2.24, 2.45) is 0 Å². The minimum Gasteiger partial charge on any atom is -0.396 e. The van der Waals surface area contributed by atoms with E-state index in [4.69, 9.17) is 0 Å². The maximum Gasteiger partial charge on any atom is 0.0931 e. The van der Waals surface area contributed by atoms with Gasteiger partial charge in [-0.25, -0.2) is 0 Å². The average molecular weight is 340 g/mol. The molecule has 1 aromatic heterocycles. The van der Waals surface area contributed by atoms with Crippen LogP contribution in [0.15, 0.2) is 42.2 Å². The first-order chi connectivity index (χ1) is 12.2. The molecule has 1 fully saturated rings. The van der Waals surface area contributed by atoms with E-state index in [9.17, 15) is 5.11 Å². The molecule has 2 heterocycles. The quantitative estimate of drug-likeness (QED) is 0.819. The molecule has 5 nitrogen and oxygen atoms in total. The fourth-order valence-corrected chi connectivity index (χ4v) is 3.48. The van der Waals surface area contributed by atoms with Crippen molar-refractivity contribution >= 4 is 11.0 Å². The predicted octanol–water partition coefficient (Wildman–Crippen LogP) is 2.46. The highest BCUT2D eigenvalue weighted by molar-refractivity contribution is 5.77. The Labute approximate surface area is 150 Å². The Kier molecular flexibility index (Phi) is 6.13. The number of aliphatic hydroxyl groups excluding tert-OH is 1. The molecule has 1 aromatic carbocycles. The number of hydrogen-bond donors (Lipinski definition) is 1. The summed E-state index contributed by atoms with van der Waals surface area (Å²) in [4.78, 5) is 13.9. The molecule has 1 aliphatic heterocycles. The highest BCUT2D eigenvalue weighted by Crippen LogP contribution is 2.19. The van der Waals surface area contributed by atoms with Crippen molar-refractivity contribution in [1.29, 1.82) is 0 Å². The van der Waals surface area contributed by atoms with Crippen LogP contribution in [-0.4, -0.2) is 63.7 Å². The third-order valence-electron chi connectivity index (χ3n) is 4.86. The van der Waals surface area contributed by atoms with E-state index >= 15 is 0 Å². The van der Waals surface area contributed by atoms with Crippen molar-refractivity contribution in [3.05, 3.63) is 47.8 Å². The number of allylic oxidation sites excluding steroid dienone is 1. The molecule has 3 rings (SSSR count). The molecule has 5 heteroatoms. The van der Waals surface area contributed by atoms with Crippen LogP contribution in [0.4, 0.5) is 0 Å². The van der Waals surface area contributed by atoms with E-state index in [0.29, 0.717) is 6.04 Å². The van der Waals surface area contributed by atoms with E-state index in [2.05, 4.69) is 51.8 Å². The molecule has 0 amide bonds. The summed E-state index contributed by atoms with van der Waals surface area (Å²) in [5.41, 5.74) is 4.52. The van der Waals surface area contributed by atoms with Gasteiger partial charge in [0.25, 0.3) is 0 Å². The molecule has 0 spiro atoms. The summed E-state index contributed by atoms with van der Waals surface area (Å²) in [6.07, 6.45) is 6.60. The van der Waals surface area contributed by atoms with Gasteiger partial charge < -0.3 is 5.11 Å². The van der Waals surface area contributed by atoms with Crippen LogP contribution < -0.4 is 0 Å². The molecule has 0 radical (unpaired) electrons. The van der Waals surface area contributed by atoms with Crippen molar-refractivity contribution in [1.82, 2.24) is 19.8 Å². The molecular weight excluding hydrogens is 312 g/mol. The Bertz CT molecular complexity index is 721. The van der Waals surface area contributed by atoms with E-state index in [1.54, 1.807) is 12.4 Å². The molecule has 2 aromatic rings. The minimum atomic E-state index is 0.240. The highest BCUT2D eigenvalue weighted by atomic mass is 16.3. The average Bonchev–Trinajstić information content (AvgIpc) is 2.61. The monoisotopic (exact) mass is 340 g/mol. The van der Waals surface area contributed by atoms with Crippen LogP contribution in [0.2, 0.25) is 0 Å². The lowest BCUT2D eigenvalue weighted by Gasteiger charge is -2.41. The zero-order valence-electron chi connectivity index (χ0n) is 15.2. The number of para-hydroxylation sites is 1. The summed E-state index contributed by atoms with van der Waals surface area (Å²) >= 11 is 0. The Balaban J connectivity index is 1.70. The number of benzene rings is 1. The summed E-state index contributed by atoms with van der Waals surface area (Å²) < 4.78 is 0. The lowest BCUT2D eigenvalue weighted by molar-refractivity contribution is 0.0638. The molecule has 1 N–H and O–H groups in total. The van der Waals surface area contributed by atoms with Gasteiger partial charge in [-0.15, -0.1) is 0 Å². The van der Waals surface area contributed by atoms with Gasteiger partial charge in [0.1, 0.15) is 0 Å². The van der Waals surface area contributed by atoms with Crippen LogP contribution in [0.25, 0.3) is 11.0 Å². The normalized spacial score (nSPS) is 19.2. The Morgan fingerprint density at radius 3 is 2.88 bits per heavy atom. The van der Waals surface area contributed by atoms with Gasteiger partial charge >= 0.3 is 0 Å². The molecular formula is C20H28N4O. The smallest absolute Gasteiger partial charge is 0.0931 e. The van der Waals surface area contributed by atoms with E-state index in [-0.39, 0.29) is 6.61 Å². The van der Waals surface area contributed by atoms with E-state index in [0.717, 1.165) is 50.2 Å². The summed E-state index contributed by atoms with van der Waals surface area (Å²) in [5, 5.41) is 9.45. The largest absolute Gasteiger partial charge is 0.396 e. The second-order valence-corrected chi connectivity index (χ2v) is 7.02. The topological polar surface area (TPSA) is 52.5 Å². The molecule has 0 saturated carbocycles. The predicted molar refractivity (Wildman–Crippen MR) is 101 cm³/mol. The molecule has 0 aliphatic carbocycles. The van der Waals surface area contributed by atoms with E-state index < -0.39 is 0 Å². The van der Waals surface area contributed by atoms with Crippen molar-refractivity contribution in [2.75, 3.05) is 32.8 Å². The van der Waals surface area contributed by atoms with Gasteiger partial charge in [-0.1, -0.05) is 23.8 Å². The van der Waals surface area contributed by atoms with Crippen LogP contribution in [-0.2, 0) is 6.54 Å². The number of rotatable bonds is 6. The van der Waals surface area contributed by atoms with Gasteiger partial charge in [0.2, 0.25) is 0 Å². The van der Waals surface area contributed by atoms with Gasteiger partial charge in [0.05, 0.1) is 11.0 Å². The van der Waals surface area contributed by atoms with Crippen LogP contribution in [0, 0.1) is 0 Å². The van der Waals surface area contributed by atoms with E-state index in [1.807, 2.05) is 6.07 Å². The molecule has 0 unspecified atom stereocenters. The third-order valence-corrected chi connectivity index (χ3v) is 4.86. The summed E-state index contributed by atoms with van der Waals surface area (Å²) in [7, 11) is 0. The SMILES string of the molecule is CC(C)=CCN1CCN(Cc2cccc3nccnc23)C[C@H]1CCO. The number of fused-ring (bicyclic) bond motifs is 1. The number of hydrogen-bond acceptors (Lipinski definition) is 5. The fourth-order valence-electron chi connectivity index (χ4n) is 3.48. The fraction of sp³-hybridized carbons (Fsp3) is 0.500. The van der Waals surface area contributed by atoms with Crippen molar-refractivity contribution in [3.63, 3.8) is 0 Å². The van der Waals surface area contributed by atoms with Crippen molar-refractivity contribution in [3.8, 4) is 0 Å². The van der Waals surface area contributed by atoms with Gasteiger partial charge in [0, 0.05) is 57.8 Å². The van der Waals surface area contributed by atoms with Gasteiger partial charge in [-0.2, -0.15) is 0 Å². The summed E-state index contributed by atoms with van der Waals surface area (Å²) in [6, 6.07) is 6.61.